The lowest BCUT2D eigenvalue weighted by Crippen LogP contribution is -2.30. The molecular weight excluding hydrogens is 1220 g/mol. The van der Waals surface area contributed by atoms with E-state index >= 15 is 0 Å². The van der Waals surface area contributed by atoms with Crippen molar-refractivity contribution in [3.63, 3.8) is 0 Å². The normalized spacial score (nSPS) is 14.6. The van der Waals surface area contributed by atoms with Gasteiger partial charge in [-0.2, -0.15) is 0 Å². The number of aliphatic hydroxyl groups is 1. The molecule has 0 aromatic carbocycles. The molecule has 0 amide bonds. The Morgan fingerprint density at radius 3 is 0.763 bits per heavy atom. The number of aliphatic hydroxyl groups excluding tert-OH is 1. The van der Waals surface area contributed by atoms with E-state index < -0.39 is 97.5 Å². The second-order valence-electron chi connectivity index (χ2n) is 27.2. The van der Waals surface area contributed by atoms with Gasteiger partial charge in [-0.15, -0.1) is 0 Å². The minimum atomic E-state index is -4.96. The Balaban J connectivity index is 5.18. The highest BCUT2D eigenvalue weighted by Gasteiger charge is 2.30. The largest absolute Gasteiger partial charge is 0.472 e. The second kappa shape index (κ2) is 66.0. The first-order valence-corrected chi connectivity index (χ1v) is 41.6. The fourth-order valence-electron chi connectivity index (χ4n) is 11.2. The third-order valence-electron chi connectivity index (χ3n) is 17.9. The molecule has 93 heavy (non-hydrogen) atoms. The Hall–Kier alpha value is -1.94. The van der Waals surface area contributed by atoms with Crippen molar-refractivity contribution in [2.24, 2.45) is 11.8 Å². The smallest absolute Gasteiger partial charge is 0.462 e. The molecule has 0 aliphatic carbocycles. The molecule has 0 heterocycles. The van der Waals surface area contributed by atoms with E-state index in [9.17, 15) is 43.2 Å². The number of ether oxygens (including phenoxy) is 4. The summed E-state index contributed by atoms with van der Waals surface area (Å²) in [7, 11) is -9.90. The third kappa shape index (κ3) is 65.8. The van der Waals surface area contributed by atoms with Crippen LogP contribution in [0.1, 0.15) is 382 Å². The fourth-order valence-corrected chi connectivity index (χ4v) is 12.8. The average Bonchev–Trinajstić information content (AvgIpc) is 3.22. The van der Waals surface area contributed by atoms with Crippen LogP contribution in [-0.4, -0.2) is 96.7 Å². The summed E-state index contributed by atoms with van der Waals surface area (Å²) in [5.74, 6) is -0.560. The molecule has 19 heteroatoms. The molecule has 0 fully saturated rings. The summed E-state index contributed by atoms with van der Waals surface area (Å²) >= 11 is 0. The van der Waals surface area contributed by atoms with Gasteiger partial charge in [0.2, 0.25) is 0 Å². The quantitative estimate of drug-likeness (QED) is 0.0222. The fraction of sp³-hybridized carbons (Fsp3) is 0.946. The summed E-state index contributed by atoms with van der Waals surface area (Å²) in [6.45, 7) is 9.54. The number of phosphoric ester groups is 2. The van der Waals surface area contributed by atoms with Crippen molar-refractivity contribution in [1.82, 2.24) is 0 Å². The van der Waals surface area contributed by atoms with Crippen LogP contribution in [-0.2, 0) is 65.4 Å². The maximum Gasteiger partial charge on any atom is 0.472 e. The monoisotopic (exact) mass is 1370 g/mol. The van der Waals surface area contributed by atoms with Gasteiger partial charge >= 0.3 is 39.5 Å². The predicted molar refractivity (Wildman–Crippen MR) is 377 cm³/mol. The van der Waals surface area contributed by atoms with Crippen molar-refractivity contribution < 1.29 is 80.2 Å². The maximum absolute atomic E-state index is 13.1. The SMILES string of the molecule is CCCCCCCCCCCCCCCCCCCCC(=O)OC[C@H](COP(=O)(O)OC[C@@H](O)COP(=O)(O)OC[C@@H](COC(=O)CCCCCCCCC)OC(=O)CCCCCCCCC(C)CC)OC(=O)CCCCCCCCCCCCCCCCC(C)CC. The van der Waals surface area contributed by atoms with Crippen LogP contribution in [0, 0.1) is 11.8 Å². The van der Waals surface area contributed by atoms with E-state index in [0.717, 1.165) is 115 Å². The van der Waals surface area contributed by atoms with Crippen molar-refractivity contribution in [1.29, 1.82) is 0 Å². The molecular formula is C74H144O17P2. The van der Waals surface area contributed by atoms with Gasteiger partial charge in [-0.1, -0.05) is 330 Å². The molecule has 0 aliphatic rings. The lowest BCUT2D eigenvalue weighted by molar-refractivity contribution is -0.161. The number of carbonyl (C=O) groups excluding carboxylic acids is 4. The molecule has 0 rings (SSSR count). The minimum Gasteiger partial charge on any atom is -0.462 e. The number of hydrogen-bond acceptors (Lipinski definition) is 15. The highest BCUT2D eigenvalue weighted by molar-refractivity contribution is 7.47. The van der Waals surface area contributed by atoms with Crippen molar-refractivity contribution >= 4 is 39.5 Å². The maximum atomic E-state index is 13.1. The van der Waals surface area contributed by atoms with Gasteiger partial charge in [-0.25, -0.2) is 9.13 Å². The first-order chi connectivity index (χ1) is 44.9. The molecule has 0 saturated heterocycles. The molecule has 552 valence electrons. The predicted octanol–water partition coefficient (Wildman–Crippen LogP) is 21.6. The molecule has 3 N–H and O–H groups in total. The van der Waals surface area contributed by atoms with E-state index in [-0.39, 0.29) is 25.7 Å². The van der Waals surface area contributed by atoms with Crippen LogP contribution in [0.5, 0.6) is 0 Å². The molecule has 0 aromatic rings. The Morgan fingerprint density at radius 1 is 0.301 bits per heavy atom. The zero-order valence-electron chi connectivity index (χ0n) is 60.6. The van der Waals surface area contributed by atoms with Crippen molar-refractivity contribution in [2.75, 3.05) is 39.6 Å². The van der Waals surface area contributed by atoms with Crippen LogP contribution in [0.15, 0.2) is 0 Å². The van der Waals surface area contributed by atoms with Crippen LogP contribution in [0.3, 0.4) is 0 Å². The first kappa shape index (κ1) is 91.1. The van der Waals surface area contributed by atoms with Crippen molar-refractivity contribution in [3.05, 3.63) is 0 Å². The molecule has 0 bridgehead atoms. The van der Waals surface area contributed by atoms with E-state index in [1.165, 1.54) is 186 Å². The Kier molecular flexibility index (Phi) is 64.6. The van der Waals surface area contributed by atoms with Gasteiger partial charge < -0.3 is 33.8 Å². The molecule has 0 spiro atoms. The van der Waals surface area contributed by atoms with Gasteiger partial charge in [0, 0.05) is 25.7 Å². The summed E-state index contributed by atoms with van der Waals surface area (Å²) in [6.07, 6.45) is 52.9. The number of unbranched alkanes of at least 4 members (excludes halogenated alkanes) is 41. The first-order valence-electron chi connectivity index (χ1n) is 38.6. The minimum absolute atomic E-state index is 0.103. The molecule has 17 nitrogen and oxygen atoms in total. The topological polar surface area (TPSA) is 237 Å². The highest BCUT2D eigenvalue weighted by Crippen LogP contribution is 2.45. The van der Waals surface area contributed by atoms with Crippen LogP contribution < -0.4 is 0 Å². The standard InChI is InChI=1S/C74H144O17P2/c1-7-11-13-15-17-18-19-20-21-22-23-24-28-31-34-38-45-51-57-72(77)85-63-69(90-73(78)58-52-46-39-35-32-29-26-25-27-30-33-37-42-48-54-66(5)9-3)64-88-92(80,81)86-60-68(75)61-87-93(82,83)89-65-70(62-84-71(76)56-50-44-36-16-14-12-8-2)91-74(79)59-53-47-41-40-43-49-55-67(6)10-4/h66-70,75H,7-65H2,1-6H3,(H,80,81)(H,82,83)/t66?,67?,68-,69-,70-/m1/s1. The van der Waals surface area contributed by atoms with Crippen LogP contribution in [0.2, 0.25) is 0 Å². The number of esters is 4. The molecule has 0 aliphatic heterocycles. The number of carbonyl (C=O) groups is 4. The van der Waals surface area contributed by atoms with Gasteiger partial charge in [0.1, 0.15) is 19.3 Å². The van der Waals surface area contributed by atoms with Crippen LogP contribution in [0.25, 0.3) is 0 Å². The Morgan fingerprint density at radius 2 is 0.516 bits per heavy atom. The van der Waals surface area contributed by atoms with E-state index in [2.05, 4.69) is 41.5 Å². The summed E-state index contributed by atoms with van der Waals surface area (Å²) in [4.78, 5) is 72.5. The summed E-state index contributed by atoms with van der Waals surface area (Å²) < 4.78 is 68.3. The van der Waals surface area contributed by atoms with E-state index in [0.29, 0.717) is 25.7 Å². The molecule has 0 aromatic heterocycles. The van der Waals surface area contributed by atoms with Crippen molar-refractivity contribution in [3.8, 4) is 0 Å². The lowest BCUT2D eigenvalue weighted by Gasteiger charge is -2.21. The highest BCUT2D eigenvalue weighted by atomic mass is 31.2. The zero-order valence-corrected chi connectivity index (χ0v) is 62.3. The van der Waals surface area contributed by atoms with Gasteiger partial charge in [0.05, 0.1) is 26.4 Å². The Bertz CT molecular complexity index is 1810. The van der Waals surface area contributed by atoms with E-state index in [1.54, 1.807) is 0 Å². The van der Waals surface area contributed by atoms with Gasteiger partial charge in [-0.3, -0.25) is 37.3 Å². The summed E-state index contributed by atoms with van der Waals surface area (Å²) in [5, 5.41) is 10.6. The van der Waals surface area contributed by atoms with Crippen LogP contribution >= 0.6 is 15.6 Å². The number of hydrogen-bond donors (Lipinski definition) is 3. The van der Waals surface area contributed by atoms with Crippen LogP contribution in [0.4, 0.5) is 0 Å². The zero-order chi connectivity index (χ0) is 68.6. The average molecular weight is 1370 g/mol. The van der Waals surface area contributed by atoms with Gasteiger partial charge in [0.15, 0.2) is 12.2 Å². The number of phosphoric acid groups is 2. The molecule has 7 atom stereocenters. The second-order valence-corrected chi connectivity index (χ2v) is 30.1. The summed E-state index contributed by atoms with van der Waals surface area (Å²) in [6, 6.07) is 0. The molecule has 0 radical (unpaired) electrons. The van der Waals surface area contributed by atoms with E-state index in [4.69, 9.17) is 37.0 Å². The van der Waals surface area contributed by atoms with Crippen molar-refractivity contribution in [2.45, 2.75) is 400 Å². The van der Waals surface area contributed by atoms with Gasteiger partial charge in [-0.05, 0) is 37.5 Å². The van der Waals surface area contributed by atoms with Gasteiger partial charge in [0.25, 0.3) is 0 Å². The number of rotatable bonds is 73. The lowest BCUT2D eigenvalue weighted by atomic mass is 9.99. The Labute approximate surface area is 568 Å². The summed E-state index contributed by atoms with van der Waals surface area (Å²) in [5.41, 5.74) is 0. The molecule has 4 unspecified atom stereocenters. The molecule has 0 saturated carbocycles. The third-order valence-corrected chi connectivity index (χ3v) is 19.8. The van der Waals surface area contributed by atoms with E-state index in [1.807, 2.05) is 0 Å².